The molecule has 0 rings (SSSR count). The highest BCUT2D eigenvalue weighted by molar-refractivity contribution is 7.87. The van der Waals surface area contributed by atoms with Crippen LogP contribution in [0.25, 0.3) is 0 Å². The van der Waals surface area contributed by atoms with E-state index in [1.54, 1.807) is 0 Å². The molecule has 0 aliphatic rings. The minimum absolute atomic E-state index is 0.0535. The molecule has 122 valence electrons. The van der Waals surface area contributed by atoms with Crippen molar-refractivity contribution in [1.82, 2.24) is 0 Å². The molecule has 0 bridgehead atoms. The first-order valence-corrected chi connectivity index (χ1v) is 7.79. The minimum Gasteiger partial charge on any atom is -0.281 e. The Bertz CT molecular complexity index is 384. The Morgan fingerprint density at radius 2 is 1.45 bits per heavy atom. The molecule has 0 radical (unpaired) electrons. The Hall–Kier alpha value is -0.440. The van der Waals surface area contributed by atoms with Crippen molar-refractivity contribution in [3.8, 4) is 0 Å². The maximum Gasteiger partial charge on any atom is 0.434 e. The van der Waals surface area contributed by atoms with Gasteiger partial charge < -0.3 is 0 Å². The number of hydrogen-bond acceptors (Lipinski definition) is 2. The molecule has 20 heavy (non-hydrogen) atoms. The molecule has 0 aromatic heterocycles. The number of rotatable bonds is 10. The first kappa shape index (κ1) is 19.6. The van der Waals surface area contributed by atoms with Crippen LogP contribution in [0.15, 0.2) is 0 Å². The quantitative estimate of drug-likeness (QED) is 0.372. The lowest BCUT2D eigenvalue weighted by Crippen LogP contribution is -2.52. The molecule has 0 spiro atoms. The molecule has 0 aromatic rings. The topological polar surface area (TPSA) is 54.4 Å². The zero-order chi connectivity index (χ0) is 16.0. The highest BCUT2D eigenvalue weighted by atomic mass is 32.2. The van der Waals surface area contributed by atoms with Crippen LogP contribution in [0.2, 0.25) is 0 Å². The summed E-state index contributed by atoms with van der Waals surface area (Å²) in [6, 6.07) is 0. The van der Waals surface area contributed by atoms with Crippen LogP contribution in [0.4, 0.5) is 22.0 Å². The van der Waals surface area contributed by atoms with Gasteiger partial charge in [-0.1, -0.05) is 45.4 Å². The Labute approximate surface area is 115 Å². The van der Waals surface area contributed by atoms with Crippen LogP contribution < -0.4 is 0 Å². The predicted octanol–water partition coefficient (Wildman–Crippen LogP) is 4.19. The molecule has 0 saturated heterocycles. The fourth-order valence-electron chi connectivity index (χ4n) is 1.64. The van der Waals surface area contributed by atoms with Gasteiger partial charge in [-0.05, 0) is 6.42 Å². The number of hydrogen-bond donors (Lipinski definition) is 1. The summed E-state index contributed by atoms with van der Waals surface area (Å²) < 4.78 is 93.4. The van der Waals surface area contributed by atoms with Crippen molar-refractivity contribution in [3.63, 3.8) is 0 Å². The summed E-state index contributed by atoms with van der Waals surface area (Å²) in [5, 5.41) is -5.83. The van der Waals surface area contributed by atoms with Crippen LogP contribution in [-0.2, 0) is 10.1 Å². The van der Waals surface area contributed by atoms with Crippen molar-refractivity contribution in [2.75, 3.05) is 0 Å². The van der Waals surface area contributed by atoms with Gasteiger partial charge in [0.2, 0.25) is 0 Å². The number of halogens is 5. The molecule has 0 amide bonds. The van der Waals surface area contributed by atoms with Gasteiger partial charge in [0.1, 0.15) is 0 Å². The SMILES string of the molecule is CCCCCCCCC(F)C(F)(F)C(F)(F)S(=O)(=O)O. The average molecular weight is 326 g/mol. The Kier molecular flexibility index (Phi) is 7.37. The Balaban J connectivity index is 4.42. The standard InChI is InChI=1S/C11H19F5O3S/c1-2-3-4-5-6-7-8-9(12)10(13,14)11(15,16)20(17,18)19/h9H,2-8H2,1H3,(H,17,18,19). The molecular formula is C11H19F5O3S. The van der Waals surface area contributed by atoms with Crippen molar-refractivity contribution in [2.24, 2.45) is 0 Å². The third kappa shape index (κ3) is 4.83. The lowest BCUT2D eigenvalue weighted by Gasteiger charge is -2.26. The molecule has 3 nitrogen and oxygen atoms in total. The van der Waals surface area contributed by atoms with E-state index >= 15 is 0 Å². The van der Waals surface area contributed by atoms with E-state index in [-0.39, 0.29) is 6.42 Å². The molecule has 0 aliphatic carbocycles. The van der Waals surface area contributed by atoms with Crippen LogP contribution >= 0.6 is 0 Å². The summed E-state index contributed by atoms with van der Waals surface area (Å²) in [5.41, 5.74) is 0. The molecule has 9 heteroatoms. The summed E-state index contributed by atoms with van der Waals surface area (Å²) >= 11 is 0. The molecule has 1 N–H and O–H groups in total. The Morgan fingerprint density at radius 3 is 1.90 bits per heavy atom. The molecular weight excluding hydrogens is 307 g/mol. The van der Waals surface area contributed by atoms with Crippen molar-refractivity contribution < 1.29 is 34.9 Å². The van der Waals surface area contributed by atoms with Gasteiger partial charge in [-0.2, -0.15) is 26.0 Å². The van der Waals surface area contributed by atoms with Crippen LogP contribution in [0, 0.1) is 0 Å². The first-order chi connectivity index (χ1) is 8.98. The van der Waals surface area contributed by atoms with Crippen LogP contribution in [0.5, 0.6) is 0 Å². The van der Waals surface area contributed by atoms with Gasteiger partial charge in [0.15, 0.2) is 6.17 Å². The smallest absolute Gasteiger partial charge is 0.281 e. The highest BCUT2D eigenvalue weighted by Crippen LogP contribution is 2.43. The lowest BCUT2D eigenvalue weighted by molar-refractivity contribution is -0.198. The Morgan fingerprint density at radius 1 is 1.00 bits per heavy atom. The lowest BCUT2D eigenvalue weighted by atomic mass is 10.0. The summed E-state index contributed by atoms with van der Waals surface area (Å²) in [6.45, 7) is 1.97. The van der Waals surface area contributed by atoms with Gasteiger partial charge in [0.05, 0.1) is 0 Å². The van der Waals surface area contributed by atoms with E-state index in [0.29, 0.717) is 12.8 Å². The largest absolute Gasteiger partial charge is 0.434 e. The van der Waals surface area contributed by atoms with E-state index in [1.807, 2.05) is 6.92 Å². The molecule has 0 fully saturated rings. The number of alkyl halides is 5. The molecule has 0 aromatic carbocycles. The van der Waals surface area contributed by atoms with Crippen LogP contribution in [0.3, 0.4) is 0 Å². The fraction of sp³-hybridized carbons (Fsp3) is 1.00. The van der Waals surface area contributed by atoms with E-state index in [0.717, 1.165) is 19.3 Å². The fourth-order valence-corrected chi connectivity index (χ4v) is 2.11. The normalized spacial score (nSPS) is 15.3. The second-order valence-corrected chi connectivity index (χ2v) is 6.10. The predicted molar refractivity (Wildman–Crippen MR) is 64.3 cm³/mol. The van der Waals surface area contributed by atoms with Gasteiger partial charge in [-0.25, -0.2) is 4.39 Å². The molecule has 1 unspecified atom stereocenters. The van der Waals surface area contributed by atoms with E-state index in [9.17, 15) is 30.4 Å². The zero-order valence-electron chi connectivity index (χ0n) is 11.1. The average Bonchev–Trinajstić information content (AvgIpc) is 2.31. The maximum atomic E-state index is 13.2. The van der Waals surface area contributed by atoms with Crippen molar-refractivity contribution in [1.29, 1.82) is 0 Å². The van der Waals surface area contributed by atoms with E-state index in [2.05, 4.69) is 0 Å². The molecule has 0 aliphatic heterocycles. The zero-order valence-corrected chi connectivity index (χ0v) is 11.9. The summed E-state index contributed by atoms with van der Waals surface area (Å²) in [7, 11) is -6.37. The summed E-state index contributed by atoms with van der Waals surface area (Å²) in [5.74, 6) is -5.45. The van der Waals surface area contributed by atoms with Crippen LogP contribution in [-0.4, -0.2) is 30.3 Å². The van der Waals surface area contributed by atoms with Gasteiger partial charge in [-0.15, -0.1) is 0 Å². The van der Waals surface area contributed by atoms with Crippen molar-refractivity contribution >= 4 is 10.1 Å². The second kappa shape index (κ2) is 7.53. The van der Waals surface area contributed by atoms with Crippen molar-refractivity contribution in [2.45, 2.75) is 69.2 Å². The van der Waals surface area contributed by atoms with Gasteiger partial charge >= 0.3 is 21.3 Å². The van der Waals surface area contributed by atoms with Gasteiger partial charge in [0, 0.05) is 0 Å². The monoisotopic (exact) mass is 326 g/mol. The maximum absolute atomic E-state index is 13.2. The second-order valence-electron chi connectivity index (χ2n) is 4.64. The molecule has 0 saturated carbocycles. The summed E-state index contributed by atoms with van der Waals surface area (Å²) in [4.78, 5) is 0. The molecule has 0 heterocycles. The third-order valence-electron chi connectivity index (χ3n) is 2.92. The van der Waals surface area contributed by atoms with Crippen molar-refractivity contribution in [3.05, 3.63) is 0 Å². The highest BCUT2D eigenvalue weighted by Gasteiger charge is 2.69. The van der Waals surface area contributed by atoms with E-state index in [4.69, 9.17) is 4.55 Å². The summed E-state index contributed by atoms with van der Waals surface area (Å²) in [6.07, 6.45) is -0.461. The van der Waals surface area contributed by atoms with Gasteiger partial charge in [0.25, 0.3) is 0 Å². The molecule has 1 atom stereocenters. The van der Waals surface area contributed by atoms with Gasteiger partial charge in [-0.3, -0.25) is 4.55 Å². The van der Waals surface area contributed by atoms with E-state index < -0.39 is 33.9 Å². The first-order valence-electron chi connectivity index (χ1n) is 6.35. The number of unbranched alkanes of at least 4 members (excludes halogenated alkanes) is 5. The third-order valence-corrected chi connectivity index (χ3v) is 3.84. The van der Waals surface area contributed by atoms with E-state index in [1.165, 1.54) is 0 Å². The minimum atomic E-state index is -6.37. The van der Waals surface area contributed by atoms with Crippen LogP contribution in [0.1, 0.15) is 51.9 Å².